The Balaban J connectivity index is 1.46. The lowest BCUT2D eigenvalue weighted by atomic mass is 9.70. The summed E-state index contributed by atoms with van der Waals surface area (Å²) in [5.41, 5.74) is 0.156. The zero-order valence-electron chi connectivity index (χ0n) is 15.0. The van der Waals surface area contributed by atoms with Gasteiger partial charge in [-0.2, -0.15) is 0 Å². The van der Waals surface area contributed by atoms with Gasteiger partial charge in [0.2, 0.25) is 5.91 Å². The van der Waals surface area contributed by atoms with E-state index < -0.39 is 31.0 Å². The Hall–Kier alpha value is -2.34. The Kier molecular flexibility index (Phi) is 4.70. The molecule has 0 spiro atoms. The van der Waals surface area contributed by atoms with Crippen LogP contribution in [0, 0.1) is 0 Å². The Morgan fingerprint density at radius 2 is 2.07 bits per heavy atom. The summed E-state index contributed by atoms with van der Waals surface area (Å²) >= 11 is 0. The van der Waals surface area contributed by atoms with Gasteiger partial charge in [0.1, 0.15) is 17.9 Å². The Labute approximate surface area is 160 Å². The maximum atomic E-state index is 12.3. The molecule has 2 saturated heterocycles. The van der Waals surface area contributed by atoms with Crippen molar-refractivity contribution >= 4 is 18.6 Å². The van der Waals surface area contributed by atoms with Crippen molar-refractivity contribution in [2.24, 2.45) is 0 Å². The highest BCUT2D eigenvalue weighted by Gasteiger charge is 2.40. The van der Waals surface area contributed by atoms with Crippen molar-refractivity contribution in [1.82, 2.24) is 10.2 Å². The van der Waals surface area contributed by atoms with Crippen LogP contribution in [0.2, 0.25) is 6.32 Å². The first-order chi connectivity index (χ1) is 13.2. The van der Waals surface area contributed by atoms with Gasteiger partial charge in [-0.25, -0.2) is 0 Å². The number of aliphatic hydroxyl groups is 1. The number of carbonyl (C=O) groups is 2. The summed E-state index contributed by atoms with van der Waals surface area (Å²) in [4.78, 5) is 25.5. The third-order valence-electron chi connectivity index (χ3n) is 5.41. The van der Waals surface area contributed by atoms with Crippen molar-refractivity contribution in [2.45, 2.75) is 37.4 Å². The lowest BCUT2D eigenvalue weighted by Gasteiger charge is -2.42. The van der Waals surface area contributed by atoms with Crippen molar-refractivity contribution in [2.75, 3.05) is 19.6 Å². The van der Waals surface area contributed by atoms with Crippen molar-refractivity contribution in [1.29, 1.82) is 0 Å². The fraction of sp³-hybridized carbons (Fsp3) is 0.529. The van der Waals surface area contributed by atoms with Crippen LogP contribution < -0.4 is 19.8 Å². The van der Waals surface area contributed by atoms with Crippen LogP contribution in [0.15, 0.2) is 12.1 Å². The second kappa shape index (κ2) is 6.92. The minimum atomic E-state index is -3.13. The van der Waals surface area contributed by atoms with Gasteiger partial charge in [-0.15, -0.1) is 0 Å². The van der Waals surface area contributed by atoms with E-state index in [0.29, 0.717) is 18.5 Å². The number of aryl methyl sites for hydroxylation is 1. The number of carboxylic acid groups (broad SMARTS) is 1. The Morgan fingerprint density at radius 3 is 2.71 bits per heavy atom. The molecule has 152 valence electrons. The number of likely N-dealkylation sites (tertiary alicyclic amines) is 1. The first kappa shape index (κ1) is 19.0. The van der Waals surface area contributed by atoms with E-state index in [4.69, 9.17) is 9.39 Å². The number of amides is 1. The monoisotopic (exact) mass is 392 g/mol. The van der Waals surface area contributed by atoms with Gasteiger partial charge >= 0.3 is 6.75 Å². The summed E-state index contributed by atoms with van der Waals surface area (Å²) < 4.78 is 10.8. The summed E-state index contributed by atoms with van der Waals surface area (Å²) in [5.74, 6) is -1.93. The molecular formula is C17H21BN2O8-2. The van der Waals surface area contributed by atoms with Crippen LogP contribution in [0.1, 0.15) is 22.3 Å². The third kappa shape index (κ3) is 3.41. The van der Waals surface area contributed by atoms with Gasteiger partial charge in [-0.1, -0.05) is 12.4 Å². The standard InChI is InChI=1S/C17H22BN2O8/c21-11-4-6-19-14(11)16(22)20-7-10(8-20)27-12-2-1-9-3-5-18(25,26)28-15(9)13(12)17(23)24/h1-2,10-11,14,19,21,25-26H,3-8H2,(H,23,24)/q-1/p-1/t11-,14+/m1/s1. The molecule has 0 radical (unpaired) electrons. The molecule has 0 bridgehead atoms. The van der Waals surface area contributed by atoms with Gasteiger partial charge in [0.05, 0.1) is 36.5 Å². The van der Waals surface area contributed by atoms with E-state index in [0.717, 1.165) is 0 Å². The van der Waals surface area contributed by atoms with Crippen molar-refractivity contribution < 1.29 is 39.2 Å². The van der Waals surface area contributed by atoms with Crippen LogP contribution in [0.4, 0.5) is 0 Å². The molecule has 2 atom stereocenters. The normalized spacial score (nSPS) is 26.2. The average Bonchev–Trinajstić information content (AvgIpc) is 3.01. The number of rotatable bonds is 4. The number of hydrogen-bond donors (Lipinski definition) is 4. The molecule has 0 aliphatic carbocycles. The fourth-order valence-corrected chi connectivity index (χ4v) is 3.83. The lowest BCUT2D eigenvalue weighted by molar-refractivity contribution is -0.255. The van der Waals surface area contributed by atoms with E-state index >= 15 is 0 Å². The predicted octanol–water partition coefficient (Wildman–Crippen LogP) is -2.78. The van der Waals surface area contributed by atoms with Crippen molar-refractivity contribution in [3.8, 4) is 11.5 Å². The minimum absolute atomic E-state index is 0.0108. The third-order valence-corrected chi connectivity index (χ3v) is 5.41. The molecule has 0 saturated carbocycles. The number of carboxylic acids is 1. The molecule has 1 aromatic carbocycles. The zero-order chi connectivity index (χ0) is 20.1. The summed E-state index contributed by atoms with van der Waals surface area (Å²) in [6, 6.07) is 2.47. The predicted molar refractivity (Wildman–Crippen MR) is 93.5 cm³/mol. The molecule has 1 aromatic rings. The van der Waals surface area contributed by atoms with Crippen LogP contribution in [0.25, 0.3) is 0 Å². The van der Waals surface area contributed by atoms with E-state index in [-0.39, 0.29) is 48.8 Å². The average molecular weight is 392 g/mol. The molecule has 2 fully saturated rings. The van der Waals surface area contributed by atoms with Crippen LogP contribution in [0.3, 0.4) is 0 Å². The number of aliphatic hydroxyl groups excluding tert-OH is 1. The van der Waals surface area contributed by atoms with E-state index in [1.165, 1.54) is 11.0 Å². The Morgan fingerprint density at radius 1 is 1.32 bits per heavy atom. The van der Waals surface area contributed by atoms with E-state index in [1.807, 2.05) is 0 Å². The summed E-state index contributed by atoms with van der Waals surface area (Å²) in [7, 11) is 0. The second-order valence-electron chi connectivity index (χ2n) is 7.50. The van der Waals surface area contributed by atoms with Gasteiger partial charge in [-0.3, -0.25) is 4.79 Å². The molecule has 3 aliphatic rings. The molecule has 3 aliphatic heterocycles. The van der Waals surface area contributed by atoms with Crippen LogP contribution >= 0.6 is 0 Å². The second-order valence-corrected chi connectivity index (χ2v) is 7.50. The highest BCUT2D eigenvalue weighted by atomic mass is 16.6. The number of hydrogen-bond acceptors (Lipinski definition) is 9. The van der Waals surface area contributed by atoms with Gasteiger partial charge in [0.15, 0.2) is 0 Å². The van der Waals surface area contributed by atoms with Gasteiger partial charge in [-0.05, 0) is 31.0 Å². The number of nitrogens with zero attached hydrogens (tertiary/aromatic N) is 1. The first-order valence-corrected chi connectivity index (χ1v) is 9.28. The molecule has 1 amide bonds. The van der Waals surface area contributed by atoms with Crippen LogP contribution in [-0.2, 0) is 11.2 Å². The summed E-state index contributed by atoms with van der Waals surface area (Å²) in [6.07, 6.45) is -0.395. The fourth-order valence-electron chi connectivity index (χ4n) is 3.83. The lowest BCUT2D eigenvalue weighted by Crippen LogP contribution is -2.61. The minimum Gasteiger partial charge on any atom is -0.669 e. The zero-order valence-corrected chi connectivity index (χ0v) is 15.0. The molecule has 28 heavy (non-hydrogen) atoms. The Bertz CT molecular complexity index is 811. The largest absolute Gasteiger partial charge is 0.669 e. The van der Waals surface area contributed by atoms with E-state index in [1.54, 1.807) is 6.07 Å². The molecule has 10 nitrogen and oxygen atoms in total. The molecule has 4 N–H and O–H groups in total. The molecule has 4 rings (SSSR count). The quantitative estimate of drug-likeness (QED) is 0.399. The number of nitrogens with one attached hydrogen (secondary N) is 1. The first-order valence-electron chi connectivity index (χ1n) is 9.28. The maximum Gasteiger partial charge on any atom is 0.430 e. The van der Waals surface area contributed by atoms with E-state index in [2.05, 4.69) is 5.32 Å². The van der Waals surface area contributed by atoms with E-state index in [9.17, 15) is 29.9 Å². The smallest absolute Gasteiger partial charge is 0.430 e. The number of fused-ring (bicyclic) bond motifs is 1. The maximum absolute atomic E-state index is 12.3. The molecule has 0 aromatic heterocycles. The summed E-state index contributed by atoms with van der Waals surface area (Å²) in [6.45, 7) is -2.05. The highest BCUT2D eigenvalue weighted by molar-refractivity contribution is 6.59. The van der Waals surface area contributed by atoms with Gasteiger partial charge < -0.3 is 44.7 Å². The van der Waals surface area contributed by atoms with Crippen molar-refractivity contribution in [3.63, 3.8) is 0 Å². The number of carbonyl (C=O) groups excluding carboxylic acids is 2. The summed E-state index contributed by atoms with van der Waals surface area (Å²) in [5, 5.41) is 43.9. The SMILES string of the molecule is O=C([O-])c1c(OC2CN(C(=O)[C@H]3NCC[C@H]3O)C2)ccc2c1O[B-](O)(O)CC2. The number of aromatic carboxylic acids is 1. The molecule has 11 heteroatoms. The van der Waals surface area contributed by atoms with Crippen LogP contribution in [-0.4, -0.2) is 76.6 Å². The number of ether oxygens (including phenoxy) is 1. The molecule has 3 heterocycles. The molecular weight excluding hydrogens is 371 g/mol. The van der Waals surface area contributed by atoms with Gasteiger partial charge in [0.25, 0.3) is 0 Å². The highest BCUT2D eigenvalue weighted by Crippen LogP contribution is 2.38. The topological polar surface area (TPSA) is 152 Å². The van der Waals surface area contributed by atoms with Gasteiger partial charge in [0, 0.05) is 0 Å². The molecule has 0 unspecified atom stereocenters. The van der Waals surface area contributed by atoms with Crippen molar-refractivity contribution in [3.05, 3.63) is 23.3 Å². The number of benzene rings is 1. The van der Waals surface area contributed by atoms with Crippen LogP contribution in [0.5, 0.6) is 11.5 Å².